The SMILES string of the molecule is COc1ccc(C2CC(CNS(=O)(=O)c3sc(C)nc3C)=NN2c2ccc(Cl)cc2Cl)cc1. The smallest absolute Gasteiger partial charge is 0.252 e. The Morgan fingerprint density at radius 3 is 2.52 bits per heavy atom. The molecule has 7 nitrogen and oxygen atoms in total. The molecule has 0 radical (unpaired) electrons. The molecule has 1 N–H and O–H groups in total. The van der Waals surface area contributed by atoms with Crippen LogP contribution in [0.5, 0.6) is 5.75 Å². The molecule has 0 aliphatic carbocycles. The zero-order valence-electron chi connectivity index (χ0n) is 18.2. The van der Waals surface area contributed by atoms with Crippen LogP contribution in [-0.2, 0) is 10.0 Å². The third kappa shape index (κ3) is 5.17. The van der Waals surface area contributed by atoms with E-state index in [0.29, 0.717) is 38.6 Å². The maximum absolute atomic E-state index is 12.8. The molecule has 1 unspecified atom stereocenters. The molecule has 1 aliphatic heterocycles. The number of thiazole rings is 1. The molecular formula is C22H22Cl2N4O3S2. The molecule has 2 heterocycles. The van der Waals surface area contributed by atoms with Crippen LogP contribution in [0, 0.1) is 13.8 Å². The second-order valence-corrected chi connectivity index (χ2v) is 11.5. The summed E-state index contributed by atoms with van der Waals surface area (Å²) in [6.45, 7) is 3.55. The van der Waals surface area contributed by atoms with E-state index in [4.69, 9.17) is 33.0 Å². The molecule has 33 heavy (non-hydrogen) atoms. The standard InChI is InChI=1S/C22H22Cl2N4O3S2/c1-13-22(32-14(2)26-13)33(29,30)25-12-17-11-21(15-4-7-18(31-3)8-5-15)28(27-17)20-9-6-16(23)10-19(20)24/h4-10,21,25H,11-12H2,1-3H3. The van der Waals surface area contributed by atoms with Gasteiger partial charge in [0.2, 0.25) is 0 Å². The lowest BCUT2D eigenvalue weighted by molar-refractivity contribution is 0.414. The maximum Gasteiger partial charge on any atom is 0.252 e. The summed E-state index contributed by atoms with van der Waals surface area (Å²) < 4.78 is 33.8. The van der Waals surface area contributed by atoms with E-state index in [1.165, 1.54) is 0 Å². The first-order chi connectivity index (χ1) is 15.7. The second kappa shape index (κ2) is 9.60. The Labute approximate surface area is 207 Å². The van der Waals surface area contributed by atoms with E-state index in [1.807, 2.05) is 29.3 Å². The quantitative estimate of drug-likeness (QED) is 0.449. The minimum absolute atomic E-state index is 0.0765. The average Bonchev–Trinajstić information content (AvgIpc) is 3.35. The molecular weight excluding hydrogens is 503 g/mol. The lowest BCUT2D eigenvalue weighted by Gasteiger charge is -2.25. The number of halogens is 2. The normalized spacial score (nSPS) is 16.2. The minimum atomic E-state index is -3.70. The second-order valence-electron chi connectivity index (χ2n) is 7.53. The monoisotopic (exact) mass is 524 g/mol. The number of aromatic nitrogens is 1. The first kappa shape index (κ1) is 24.0. The number of rotatable bonds is 7. The lowest BCUT2D eigenvalue weighted by Crippen LogP contribution is -2.29. The summed E-state index contributed by atoms with van der Waals surface area (Å²) in [6.07, 6.45) is 0.522. The molecule has 0 amide bonds. The topological polar surface area (TPSA) is 83.9 Å². The number of sulfonamides is 1. The van der Waals surface area contributed by atoms with E-state index in [-0.39, 0.29) is 16.8 Å². The van der Waals surface area contributed by atoms with Crippen LogP contribution in [0.1, 0.15) is 28.7 Å². The van der Waals surface area contributed by atoms with Crippen molar-refractivity contribution in [1.29, 1.82) is 0 Å². The molecule has 2 aromatic carbocycles. The van der Waals surface area contributed by atoms with E-state index in [9.17, 15) is 8.42 Å². The van der Waals surface area contributed by atoms with Crippen molar-refractivity contribution in [3.05, 3.63) is 68.8 Å². The third-order valence-electron chi connectivity index (χ3n) is 5.20. The van der Waals surface area contributed by atoms with Crippen LogP contribution in [-0.4, -0.2) is 32.8 Å². The fourth-order valence-electron chi connectivity index (χ4n) is 3.66. The van der Waals surface area contributed by atoms with E-state index in [1.54, 1.807) is 39.2 Å². The van der Waals surface area contributed by atoms with Gasteiger partial charge in [0, 0.05) is 11.4 Å². The number of hydrogen-bond donors (Lipinski definition) is 1. The highest BCUT2D eigenvalue weighted by Gasteiger charge is 2.31. The number of aryl methyl sites for hydroxylation is 2. The van der Waals surface area contributed by atoms with Gasteiger partial charge < -0.3 is 4.74 Å². The van der Waals surface area contributed by atoms with Gasteiger partial charge in [-0.05, 0) is 49.7 Å². The highest BCUT2D eigenvalue weighted by Crippen LogP contribution is 2.40. The van der Waals surface area contributed by atoms with Crippen molar-refractivity contribution in [2.45, 2.75) is 30.5 Å². The minimum Gasteiger partial charge on any atom is -0.497 e. The Hall–Kier alpha value is -2.17. The van der Waals surface area contributed by atoms with Gasteiger partial charge in [-0.15, -0.1) is 11.3 Å². The van der Waals surface area contributed by atoms with Crippen molar-refractivity contribution < 1.29 is 13.2 Å². The van der Waals surface area contributed by atoms with Gasteiger partial charge in [0.05, 0.1) is 46.8 Å². The van der Waals surface area contributed by atoms with Crippen LogP contribution in [0.3, 0.4) is 0 Å². The lowest BCUT2D eigenvalue weighted by atomic mass is 10.0. The fraction of sp³-hybridized carbons (Fsp3) is 0.273. The summed E-state index contributed by atoms with van der Waals surface area (Å²) in [5, 5.41) is 8.22. The summed E-state index contributed by atoms with van der Waals surface area (Å²) in [6, 6.07) is 12.7. The summed E-state index contributed by atoms with van der Waals surface area (Å²) in [5.74, 6) is 0.747. The van der Waals surface area contributed by atoms with Crippen molar-refractivity contribution in [1.82, 2.24) is 9.71 Å². The zero-order valence-corrected chi connectivity index (χ0v) is 21.3. The largest absolute Gasteiger partial charge is 0.497 e. The van der Waals surface area contributed by atoms with Crippen LogP contribution in [0.15, 0.2) is 51.8 Å². The molecule has 0 saturated heterocycles. The highest BCUT2D eigenvalue weighted by molar-refractivity contribution is 7.91. The molecule has 1 aromatic heterocycles. The van der Waals surface area contributed by atoms with Crippen molar-refractivity contribution in [2.75, 3.05) is 18.7 Å². The van der Waals surface area contributed by atoms with Gasteiger partial charge in [-0.25, -0.2) is 18.1 Å². The van der Waals surface area contributed by atoms with Crippen LogP contribution in [0.2, 0.25) is 10.0 Å². The number of nitrogens with zero attached hydrogens (tertiary/aromatic N) is 3. The van der Waals surface area contributed by atoms with Crippen molar-refractivity contribution >= 4 is 56.0 Å². The van der Waals surface area contributed by atoms with Gasteiger partial charge in [-0.1, -0.05) is 35.3 Å². The maximum atomic E-state index is 12.8. The van der Waals surface area contributed by atoms with Crippen LogP contribution < -0.4 is 14.5 Å². The third-order valence-corrected chi connectivity index (χ3v) is 8.82. The number of anilines is 1. The Morgan fingerprint density at radius 1 is 1.18 bits per heavy atom. The molecule has 0 fully saturated rings. The predicted molar refractivity (Wildman–Crippen MR) is 134 cm³/mol. The van der Waals surface area contributed by atoms with Crippen LogP contribution in [0.4, 0.5) is 5.69 Å². The molecule has 0 bridgehead atoms. The van der Waals surface area contributed by atoms with E-state index >= 15 is 0 Å². The Kier molecular flexibility index (Phi) is 6.97. The molecule has 11 heteroatoms. The van der Waals surface area contributed by atoms with E-state index in [0.717, 1.165) is 22.6 Å². The zero-order chi connectivity index (χ0) is 23.8. The first-order valence-electron chi connectivity index (χ1n) is 10.1. The summed E-state index contributed by atoms with van der Waals surface area (Å²) >= 11 is 13.7. The number of benzene rings is 2. The number of hydrazone groups is 1. The molecule has 0 spiro atoms. The van der Waals surface area contributed by atoms with Gasteiger partial charge in [-0.2, -0.15) is 5.10 Å². The van der Waals surface area contributed by atoms with Crippen molar-refractivity contribution in [3.8, 4) is 5.75 Å². The van der Waals surface area contributed by atoms with Gasteiger partial charge in [0.15, 0.2) is 4.21 Å². The Balaban J connectivity index is 1.62. The molecule has 3 aromatic rings. The van der Waals surface area contributed by atoms with E-state index < -0.39 is 10.0 Å². The fourth-order valence-corrected chi connectivity index (χ4v) is 6.70. The van der Waals surface area contributed by atoms with Gasteiger partial charge in [0.1, 0.15) is 5.75 Å². The van der Waals surface area contributed by atoms with Crippen molar-refractivity contribution in [2.24, 2.45) is 5.10 Å². The van der Waals surface area contributed by atoms with Gasteiger partial charge >= 0.3 is 0 Å². The number of nitrogens with one attached hydrogen (secondary N) is 1. The molecule has 1 aliphatic rings. The van der Waals surface area contributed by atoms with E-state index in [2.05, 4.69) is 9.71 Å². The molecule has 4 rings (SSSR count). The molecule has 0 saturated carbocycles. The van der Waals surface area contributed by atoms with Crippen LogP contribution in [0.25, 0.3) is 0 Å². The van der Waals surface area contributed by atoms with Crippen LogP contribution >= 0.6 is 34.5 Å². The number of hydrogen-bond acceptors (Lipinski definition) is 7. The van der Waals surface area contributed by atoms with Gasteiger partial charge in [0.25, 0.3) is 10.0 Å². The highest BCUT2D eigenvalue weighted by atomic mass is 35.5. The summed E-state index contributed by atoms with van der Waals surface area (Å²) in [4.78, 5) is 4.22. The predicted octanol–water partition coefficient (Wildman–Crippen LogP) is 5.36. The van der Waals surface area contributed by atoms with Crippen molar-refractivity contribution in [3.63, 3.8) is 0 Å². The van der Waals surface area contributed by atoms with Gasteiger partial charge in [-0.3, -0.25) is 5.01 Å². The summed E-state index contributed by atoms with van der Waals surface area (Å²) in [7, 11) is -2.08. The molecule has 174 valence electrons. The summed E-state index contributed by atoms with van der Waals surface area (Å²) in [5.41, 5.74) is 2.86. The first-order valence-corrected chi connectivity index (χ1v) is 13.1. The number of methoxy groups -OCH3 is 1. The Morgan fingerprint density at radius 2 is 1.91 bits per heavy atom. The number of ether oxygens (including phenoxy) is 1. The average molecular weight is 525 g/mol. The Bertz CT molecular complexity index is 1310. The molecule has 1 atom stereocenters.